The molecule has 0 saturated heterocycles. The summed E-state index contributed by atoms with van der Waals surface area (Å²) in [6.45, 7) is 2.04. The smallest absolute Gasteiger partial charge is 0.182 e. The van der Waals surface area contributed by atoms with Crippen molar-refractivity contribution in [2.45, 2.75) is 38.3 Å². The van der Waals surface area contributed by atoms with Crippen molar-refractivity contribution in [3.05, 3.63) is 23.8 Å². The molecule has 1 aliphatic carbocycles. The van der Waals surface area contributed by atoms with E-state index in [0.717, 1.165) is 41.9 Å². The van der Waals surface area contributed by atoms with Crippen molar-refractivity contribution >= 4 is 5.69 Å². The van der Waals surface area contributed by atoms with Crippen molar-refractivity contribution in [2.75, 3.05) is 12.8 Å². The Hall–Kier alpha value is -1.95. The van der Waals surface area contributed by atoms with Gasteiger partial charge in [-0.15, -0.1) is 5.10 Å². The highest BCUT2D eigenvalue weighted by molar-refractivity contribution is 5.65. The third-order valence-electron chi connectivity index (χ3n) is 4.03. The van der Waals surface area contributed by atoms with Crippen molar-refractivity contribution in [2.24, 2.45) is 0 Å². The fourth-order valence-electron chi connectivity index (χ4n) is 2.94. The van der Waals surface area contributed by atoms with Crippen LogP contribution in [-0.2, 0) is 4.74 Å². The molecule has 0 spiro atoms. The molecule has 6 heteroatoms. The monoisotopic (exact) mass is 273 g/mol. The number of nitrogen functional groups attached to an aromatic ring is 1. The molecule has 0 bridgehead atoms. The van der Waals surface area contributed by atoms with Crippen LogP contribution in [-0.4, -0.2) is 33.4 Å². The number of nitrogens with two attached hydrogens (primary N) is 1. The van der Waals surface area contributed by atoms with Gasteiger partial charge in [-0.2, -0.15) is 0 Å². The second-order valence-electron chi connectivity index (χ2n) is 5.29. The highest BCUT2D eigenvalue weighted by Crippen LogP contribution is 2.34. The van der Waals surface area contributed by atoms with Crippen LogP contribution < -0.4 is 5.73 Å². The molecular formula is C14H19N5O. The molecule has 1 saturated carbocycles. The van der Waals surface area contributed by atoms with Crippen LogP contribution in [0.25, 0.3) is 11.4 Å². The molecule has 2 N–H and O–H groups in total. The minimum atomic E-state index is 0.179. The molecular weight excluding hydrogens is 254 g/mol. The number of aryl methyl sites for hydroxylation is 1. The van der Waals surface area contributed by atoms with Gasteiger partial charge in [0.2, 0.25) is 0 Å². The minimum absolute atomic E-state index is 0.179. The molecule has 0 amide bonds. The highest BCUT2D eigenvalue weighted by atomic mass is 16.5. The van der Waals surface area contributed by atoms with E-state index in [-0.39, 0.29) is 12.1 Å². The molecule has 1 aliphatic rings. The van der Waals surface area contributed by atoms with Gasteiger partial charge in [0, 0.05) is 18.4 Å². The van der Waals surface area contributed by atoms with E-state index in [9.17, 15) is 0 Å². The standard InChI is InChI=1S/C14H19N5O/c1-9-6-7-10(15)8-11(9)14-16-17-18-19(14)12-4-3-5-13(12)20-2/h6-8,12-13H,3-5,15H2,1-2H3. The Kier molecular flexibility index (Phi) is 3.40. The van der Waals surface area contributed by atoms with Crippen LogP contribution in [0.2, 0.25) is 0 Å². The molecule has 2 atom stereocenters. The summed E-state index contributed by atoms with van der Waals surface area (Å²) in [5.41, 5.74) is 8.70. The van der Waals surface area contributed by atoms with Gasteiger partial charge in [0.15, 0.2) is 5.82 Å². The highest BCUT2D eigenvalue weighted by Gasteiger charge is 2.32. The summed E-state index contributed by atoms with van der Waals surface area (Å²) in [6, 6.07) is 6.01. The second-order valence-corrected chi connectivity index (χ2v) is 5.29. The van der Waals surface area contributed by atoms with E-state index >= 15 is 0 Å². The predicted octanol–water partition coefficient (Wildman–Crippen LogP) is 1.97. The van der Waals surface area contributed by atoms with Gasteiger partial charge < -0.3 is 10.5 Å². The lowest BCUT2D eigenvalue weighted by Gasteiger charge is -2.19. The van der Waals surface area contributed by atoms with E-state index in [0.29, 0.717) is 0 Å². The Balaban J connectivity index is 2.04. The van der Waals surface area contributed by atoms with Crippen LogP contribution >= 0.6 is 0 Å². The average molecular weight is 273 g/mol. The largest absolute Gasteiger partial charge is 0.399 e. The van der Waals surface area contributed by atoms with Crippen LogP contribution in [0.3, 0.4) is 0 Å². The van der Waals surface area contributed by atoms with E-state index in [2.05, 4.69) is 15.5 Å². The molecule has 1 fully saturated rings. The first-order chi connectivity index (χ1) is 9.70. The number of anilines is 1. The van der Waals surface area contributed by atoms with Gasteiger partial charge in [-0.25, -0.2) is 4.68 Å². The Labute approximate surface area is 117 Å². The average Bonchev–Trinajstić information content (AvgIpc) is 3.08. The van der Waals surface area contributed by atoms with E-state index in [1.807, 2.05) is 29.8 Å². The summed E-state index contributed by atoms with van der Waals surface area (Å²) >= 11 is 0. The van der Waals surface area contributed by atoms with Gasteiger partial charge >= 0.3 is 0 Å². The number of nitrogens with zero attached hydrogens (tertiary/aromatic N) is 4. The van der Waals surface area contributed by atoms with Crippen LogP contribution in [0, 0.1) is 6.92 Å². The lowest BCUT2D eigenvalue weighted by molar-refractivity contribution is 0.0708. The predicted molar refractivity (Wildman–Crippen MR) is 76.1 cm³/mol. The van der Waals surface area contributed by atoms with Crippen LogP contribution in [0.5, 0.6) is 0 Å². The van der Waals surface area contributed by atoms with Crippen molar-refractivity contribution in [3.8, 4) is 11.4 Å². The number of tetrazole rings is 1. The molecule has 2 unspecified atom stereocenters. The third-order valence-corrected chi connectivity index (χ3v) is 4.03. The first-order valence-electron chi connectivity index (χ1n) is 6.88. The topological polar surface area (TPSA) is 78.8 Å². The molecule has 1 heterocycles. The van der Waals surface area contributed by atoms with Gasteiger partial charge in [-0.1, -0.05) is 6.07 Å². The van der Waals surface area contributed by atoms with Gasteiger partial charge in [-0.3, -0.25) is 0 Å². The van der Waals surface area contributed by atoms with E-state index in [4.69, 9.17) is 10.5 Å². The summed E-state index contributed by atoms with van der Waals surface area (Å²) in [4.78, 5) is 0. The number of aromatic nitrogens is 4. The number of benzene rings is 1. The maximum Gasteiger partial charge on any atom is 0.182 e. The molecule has 3 rings (SSSR count). The molecule has 6 nitrogen and oxygen atoms in total. The van der Waals surface area contributed by atoms with Crippen molar-refractivity contribution in [1.29, 1.82) is 0 Å². The number of hydrogen-bond acceptors (Lipinski definition) is 5. The van der Waals surface area contributed by atoms with Gasteiger partial charge in [-0.05, 0) is 54.3 Å². The summed E-state index contributed by atoms with van der Waals surface area (Å²) in [5.74, 6) is 0.767. The van der Waals surface area contributed by atoms with Gasteiger partial charge in [0.25, 0.3) is 0 Å². The zero-order valence-electron chi connectivity index (χ0n) is 11.8. The molecule has 1 aromatic heterocycles. The minimum Gasteiger partial charge on any atom is -0.399 e. The first kappa shape index (κ1) is 13.1. The number of methoxy groups -OCH3 is 1. The molecule has 0 aliphatic heterocycles. The zero-order chi connectivity index (χ0) is 14.1. The normalized spacial score (nSPS) is 22.3. The summed E-state index contributed by atoms with van der Waals surface area (Å²) < 4.78 is 7.44. The fourth-order valence-corrected chi connectivity index (χ4v) is 2.94. The lowest BCUT2D eigenvalue weighted by atomic mass is 10.1. The van der Waals surface area contributed by atoms with E-state index in [1.54, 1.807) is 7.11 Å². The fraction of sp³-hybridized carbons (Fsp3) is 0.500. The maximum absolute atomic E-state index is 5.89. The Morgan fingerprint density at radius 2 is 2.20 bits per heavy atom. The third kappa shape index (κ3) is 2.16. The summed E-state index contributed by atoms with van der Waals surface area (Å²) in [5, 5.41) is 12.2. The SMILES string of the molecule is COC1CCCC1n1nnnc1-c1cc(N)ccc1C. The van der Waals surface area contributed by atoms with Crippen molar-refractivity contribution in [1.82, 2.24) is 20.2 Å². The van der Waals surface area contributed by atoms with E-state index < -0.39 is 0 Å². The molecule has 106 valence electrons. The summed E-state index contributed by atoms with van der Waals surface area (Å²) in [7, 11) is 1.75. The summed E-state index contributed by atoms with van der Waals surface area (Å²) in [6.07, 6.45) is 3.41. The van der Waals surface area contributed by atoms with Gasteiger partial charge in [0.05, 0.1) is 12.1 Å². The molecule has 1 aromatic carbocycles. The Morgan fingerprint density at radius 3 is 3.00 bits per heavy atom. The number of hydrogen-bond donors (Lipinski definition) is 1. The first-order valence-corrected chi connectivity index (χ1v) is 6.88. The zero-order valence-corrected chi connectivity index (χ0v) is 11.8. The lowest BCUT2D eigenvalue weighted by Crippen LogP contribution is -2.22. The second kappa shape index (κ2) is 5.20. The molecule has 2 aromatic rings. The van der Waals surface area contributed by atoms with E-state index in [1.165, 1.54) is 0 Å². The van der Waals surface area contributed by atoms with Crippen molar-refractivity contribution < 1.29 is 4.74 Å². The molecule has 0 radical (unpaired) electrons. The number of ether oxygens (including phenoxy) is 1. The maximum atomic E-state index is 5.89. The van der Waals surface area contributed by atoms with Crippen LogP contribution in [0.4, 0.5) is 5.69 Å². The van der Waals surface area contributed by atoms with Gasteiger partial charge in [0.1, 0.15) is 0 Å². The molecule has 20 heavy (non-hydrogen) atoms. The Bertz CT molecular complexity index is 609. The van der Waals surface area contributed by atoms with Crippen LogP contribution in [0.1, 0.15) is 30.9 Å². The quantitative estimate of drug-likeness (QED) is 0.865. The van der Waals surface area contributed by atoms with Crippen LogP contribution in [0.15, 0.2) is 18.2 Å². The number of rotatable bonds is 3. The van der Waals surface area contributed by atoms with Crippen molar-refractivity contribution in [3.63, 3.8) is 0 Å². The Morgan fingerprint density at radius 1 is 1.35 bits per heavy atom.